The fraction of sp³-hybridized carbons (Fsp3) is 0.333. The van der Waals surface area contributed by atoms with Gasteiger partial charge >= 0.3 is 5.97 Å². The van der Waals surface area contributed by atoms with E-state index in [1.165, 1.54) is 11.7 Å². The number of fused-ring (bicyclic) bond motifs is 1. The van der Waals surface area contributed by atoms with Crippen molar-refractivity contribution in [2.45, 2.75) is 13.0 Å². The number of benzene rings is 1. The topological polar surface area (TPSA) is 57.5 Å². The Morgan fingerprint density at radius 1 is 1.25 bits per heavy atom. The summed E-state index contributed by atoms with van der Waals surface area (Å²) in [5.74, 6) is -0.445. The lowest BCUT2D eigenvalue weighted by Gasteiger charge is -2.14. The number of methoxy groups -OCH3 is 1. The van der Waals surface area contributed by atoms with E-state index < -0.39 is 12.0 Å². The summed E-state index contributed by atoms with van der Waals surface area (Å²) in [4.78, 5) is 24.2. The van der Waals surface area contributed by atoms with Crippen molar-refractivity contribution in [1.29, 1.82) is 0 Å². The first-order chi connectivity index (χ1) is 9.65. The van der Waals surface area contributed by atoms with E-state index in [2.05, 4.69) is 0 Å². The molecular weight excluding hydrogens is 258 g/mol. The Morgan fingerprint density at radius 3 is 2.75 bits per heavy atom. The van der Waals surface area contributed by atoms with Crippen LogP contribution in [-0.4, -0.2) is 30.9 Å². The Labute approximate surface area is 116 Å². The third-order valence-electron chi connectivity index (χ3n) is 3.13. The maximum absolute atomic E-state index is 12.3. The number of carbonyl (C=O) groups is 1. The molecule has 1 unspecified atom stereocenters. The number of ether oxygens (including phenoxy) is 2. The number of nitrogens with zero attached hydrogens (tertiary/aromatic N) is 1. The summed E-state index contributed by atoms with van der Waals surface area (Å²) in [6.45, 7) is 2.17. The van der Waals surface area contributed by atoms with E-state index in [1.807, 2.05) is 18.2 Å². The van der Waals surface area contributed by atoms with Gasteiger partial charge in [0, 0.05) is 18.7 Å². The van der Waals surface area contributed by atoms with Gasteiger partial charge in [-0.2, -0.15) is 0 Å². The average molecular weight is 275 g/mol. The number of aromatic nitrogens is 1. The van der Waals surface area contributed by atoms with Crippen molar-refractivity contribution in [3.63, 3.8) is 0 Å². The highest BCUT2D eigenvalue weighted by molar-refractivity contribution is 5.82. The number of carbonyl (C=O) groups excluding carboxylic acids is 1. The molecule has 106 valence electrons. The molecule has 2 aromatic rings. The molecule has 0 aliphatic rings. The predicted octanol–water partition coefficient (Wildman–Crippen LogP) is 1.75. The van der Waals surface area contributed by atoms with Crippen LogP contribution >= 0.6 is 0 Å². The van der Waals surface area contributed by atoms with Crippen molar-refractivity contribution in [2.75, 3.05) is 20.3 Å². The molecule has 0 fully saturated rings. The molecule has 1 aromatic carbocycles. The molecule has 1 aromatic heterocycles. The summed E-state index contributed by atoms with van der Waals surface area (Å²) in [5.41, 5.74) is -0.195. The molecule has 5 nitrogen and oxygen atoms in total. The first kappa shape index (κ1) is 14.3. The molecule has 1 heterocycles. The van der Waals surface area contributed by atoms with Gasteiger partial charge in [0.15, 0.2) is 0 Å². The van der Waals surface area contributed by atoms with E-state index in [9.17, 15) is 9.59 Å². The fourth-order valence-electron chi connectivity index (χ4n) is 1.97. The minimum atomic E-state index is -0.663. The third-order valence-corrected chi connectivity index (χ3v) is 3.13. The fourth-order valence-corrected chi connectivity index (χ4v) is 1.97. The van der Waals surface area contributed by atoms with E-state index in [0.717, 1.165) is 5.39 Å². The second-order valence-electron chi connectivity index (χ2n) is 4.45. The zero-order valence-electron chi connectivity index (χ0n) is 11.5. The lowest BCUT2D eigenvalue weighted by Crippen LogP contribution is -2.29. The standard InChI is InChI=1S/C15H17NO4/c1-11(15(18)20-10-9-19-2)16-8-7-12-5-3-4-6-13(12)14(16)17/h3-8,11H,9-10H2,1-2H3. The van der Waals surface area contributed by atoms with Gasteiger partial charge in [-0.3, -0.25) is 4.79 Å². The molecule has 2 rings (SSSR count). The van der Waals surface area contributed by atoms with Crippen molar-refractivity contribution in [2.24, 2.45) is 0 Å². The molecule has 0 N–H and O–H groups in total. The quantitative estimate of drug-likeness (QED) is 0.616. The zero-order valence-corrected chi connectivity index (χ0v) is 11.5. The molecule has 0 spiro atoms. The van der Waals surface area contributed by atoms with Crippen molar-refractivity contribution in [3.05, 3.63) is 46.9 Å². The van der Waals surface area contributed by atoms with Crippen molar-refractivity contribution >= 4 is 16.7 Å². The van der Waals surface area contributed by atoms with Gasteiger partial charge in [0.25, 0.3) is 5.56 Å². The van der Waals surface area contributed by atoms with Crippen molar-refractivity contribution in [3.8, 4) is 0 Å². The van der Waals surface area contributed by atoms with Crippen LogP contribution in [0.3, 0.4) is 0 Å². The lowest BCUT2D eigenvalue weighted by molar-refractivity contribution is -0.148. The van der Waals surface area contributed by atoms with Crippen LogP contribution in [0.25, 0.3) is 10.8 Å². The largest absolute Gasteiger partial charge is 0.462 e. The van der Waals surface area contributed by atoms with Crippen LogP contribution in [0.15, 0.2) is 41.3 Å². The predicted molar refractivity (Wildman–Crippen MR) is 75.8 cm³/mol. The molecule has 0 radical (unpaired) electrons. The number of rotatable bonds is 5. The molecule has 1 atom stereocenters. The van der Waals surface area contributed by atoms with Crippen LogP contribution in [0.2, 0.25) is 0 Å². The van der Waals surface area contributed by atoms with Gasteiger partial charge in [-0.25, -0.2) is 4.79 Å². The second-order valence-corrected chi connectivity index (χ2v) is 4.45. The van der Waals surface area contributed by atoms with Crippen molar-refractivity contribution in [1.82, 2.24) is 4.57 Å². The maximum Gasteiger partial charge on any atom is 0.329 e. The Morgan fingerprint density at radius 2 is 2.00 bits per heavy atom. The Kier molecular flexibility index (Phi) is 4.53. The molecule has 0 aliphatic heterocycles. The van der Waals surface area contributed by atoms with Gasteiger partial charge in [-0.05, 0) is 24.4 Å². The van der Waals surface area contributed by atoms with Gasteiger partial charge in [0.1, 0.15) is 12.6 Å². The molecular formula is C15H17NO4. The highest BCUT2D eigenvalue weighted by atomic mass is 16.6. The smallest absolute Gasteiger partial charge is 0.329 e. The SMILES string of the molecule is COCCOC(=O)C(C)n1ccc2ccccc2c1=O. The van der Waals surface area contributed by atoms with Gasteiger partial charge in [-0.1, -0.05) is 18.2 Å². The summed E-state index contributed by atoms with van der Waals surface area (Å²) in [6.07, 6.45) is 1.62. The summed E-state index contributed by atoms with van der Waals surface area (Å²) in [7, 11) is 1.53. The summed E-state index contributed by atoms with van der Waals surface area (Å²) >= 11 is 0. The average Bonchev–Trinajstić information content (AvgIpc) is 2.47. The van der Waals surface area contributed by atoms with Crippen LogP contribution in [-0.2, 0) is 14.3 Å². The Bertz CT molecular complexity index is 662. The monoisotopic (exact) mass is 275 g/mol. The summed E-state index contributed by atoms with van der Waals surface area (Å²) < 4.78 is 11.2. The van der Waals surface area contributed by atoms with E-state index in [-0.39, 0.29) is 12.2 Å². The van der Waals surface area contributed by atoms with Crippen LogP contribution in [0.4, 0.5) is 0 Å². The van der Waals surface area contributed by atoms with Gasteiger partial charge in [0.05, 0.1) is 6.61 Å². The molecule has 0 bridgehead atoms. The molecule has 0 saturated carbocycles. The third kappa shape index (κ3) is 2.88. The molecule has 0 amide bonds. The first-order valence-corrected chi connectivity index (χ1v) is 6.40. The van der Waals surface area contributed by atoms with Crippen LogP contribution < -0.4 is 5.56 Å². The maximum atomic E-state index is 12.3. The Balaban J connectivity index is 2.26. The number of pyridine rings is 1. The first-order valence-electron chi connectivity index (χ1n) is 6.40. The number of hydrogen-bond donors (Lipinski definition) is 0. The highest BCUT2D eigenvalue weighted by Crippen LogP contribution is 2.12. The van der Waals surface area contributed by atoms with E-state index in [0.29, 0.717) is 12.0 Å². The van der Waals surface area contributed by atoms with E-state index in [1.54, 1.807) is 25.3 Å². The van der Waals surface area contributed by atoms with Crippen LogP contribution in [0.1, 0.15) is 13.0 Å². The van der Waals surface area contributed by atoms with Gasteiger partial charge < -0.3 is 14.0 Å². The lowest BCUT2D eigenvalue weighted by atomic mass is 10.1. The van der Waals surface area contributed by atoms with Crippen LogP contribution in [0.5, 0.6) is 0 Å². The number of hydrogen-bond acceptors (Lipinski definition) is 4. The second kappa shape index (κ2) is 6.34. The number of esters is 1. The summed E-state index contributed by atoms with van der Waals surface area (Å²) in [6, 6.07) is 8.43. The zero-order chi connectivity index (χ0) is 14.5. The summed E-state index contributed by atoms with van der Waals surface area (Å²) in [5, 5.41) is 1.44. The van der Waals surface area contributed by atoms with Gasteiger partial charge in [0.2, 0.25) is 0 Å². The molecule has 20 heavy (non-hydrogen) atoms. The van der Waals surface area contributed by atoms with Crippen molar-refractivity contribution < 1.29 is 14.3 Å². The molecule has 5 heteroatoms. The van der Waals surface area contributed by atoms with E-state index in [4.69, 9.17) is 9.47 Å². The van der Waals surface area contributed by atoms with E-state index >= 15 is 0 Å². The minimum absolute atomic E-state index is 0.183. The Hall–Kier alpha value is -2.14. The minimum Gasteiger partial charge on any atom is -0.462 e. The normalized spacial score (nSPS) is 12.3. The van der Waals surface area contributed by atoms with Crippen LogP contribution in [0, 0.1) is 0 Å². The van der Waals surface area contributed by atoms with Gasteiger partial charge in [-0.15, -0.1) is 0 Å². The molecule has 0 aliphatic carbocycles. The highest BCUT2D eigenvalue weighted by Gasteiger charge is 2.18. The molecule has 0 saturated heterocycles.